The van der Waals surface area contributed by atoms with Crippen LogP contribution in [0.1, 0.15) is 36.2 Å². The average Bonchev–Trinajstić information content (AvgIpc) is 2.81. The fourth-order valence-corrected chi connectivity index (χ4v) is 3.67. The second kappa shape index (κ2) is 12.1. The summed E-state index contributed by atoms with van der Waals surface area (Å²) < 4.78 is 16.7. The van der Waals surface area contributed by atoms with Crippen molar-refractivity contribution in [2.45, 2.75) is 38.6 Å². The van der Waals surface area contributed by atoms with Gasteiger partial charge in [-0.25, -0.2) is 4.79 Å². The van der Waals surface area contributed by atoms with E-state index < -0.39 is 30.1 Å². The number of benzene rings is 1. The second-order valence-electron chi connectivity index (χ2n) is 8.59. The lowest BCUT2D eigenvalue weighted by molar-refractivity contribution is -0.127. The Morgan fingerprint density at radius 2 is 1.85 bits per heavy atom. The lowest BCUT2D eigenvalue weighted by Gasteiger charge is -2.26. The first kappa shape index (κ1) is 25.9. The van der Waals surface area contributed by atoms with Crippen LogP contribution in [0, 0.1) is 5.92 Å². The number of phenols is 1. The van der Waals surface area contributed by atoms with Gasteiger partial charge < -0.3 is 29.5 Å². The zero-order valence-electron chi connectivity index (χ0n) is 19.6. The fourth-order valence-electron chi connectivity index (χ4n) is 3.67. The molecule has 2 aliphatic rings. The number of aliphatic hydroxyl groups excluding tert-OH is 2. The molecule has 3 rings (SSSR count). The van der Waals surface area contributed by atoms with Crippen molar-refractivity contribution >= 4 is 17.8 Å². The Bertz CT molecular complexity index is 922. The topological polar surface area (TPSA) is 126 Å². The van der Waals surface area contributed by atoms with E-state index in [1.54, 1.807) is 19.9 Å². The highest BCUT2D eigenvalue weighted by molar-refractivity contribution is 5.97. The summed E-state index contributed by atoms with van der Waals surface area (Å²) in [6.45, 7) is 7.54. The van der Waals surface area contributed by atoms with Crippen LogP contribution in [0.5, 0.6) is 11.5 Å². The maximum atomic E-state index is 12.9. The molecule has 1 fully saturated rings. The molecule has 1 saturated heterocycles. The molecule has 0 radical (unpaired) electrons. The van der Waals surface area contributed by atoms with Crippen molar-refractivity contribution in [3.63, 3.8) is 0 Å². The number of fused-ring (bicyclic) bond motifs is 1. The minimum absolute atomic E-state index is 0.0250. The Hall–Kier alpha value is -2.72. The Morgan fingerprint density at radius 3 is 2.59 bits per heavy atom. The van der Waals surface area contributed by atoms with Gasteiger partial charge in [0.25, 0.3) is 0 Å². The van der Waals surface area contributed by atoms with Gasteiger partial charge in [0.2, 0.25) is 0 Å². The molecular formula is C25H33NO8. The van der Waals surface area contributed by atoms with E-state index in [4.69, 9.17) is 14.2 Å². The largest absolute Gasteiger partial charge is 0.507 e. The standard InChI is InChI=1S/C25H33NO8/c1-16-6-7-21(28)24(30)20(27)5-3-4-18-14-19(33-13-10-26-8-11-32-12-9-26)15-22(29)23(18)25(31)34-17(16)2/h3-4,6-7,14-17,20,24,27,29-30H,5,8-13H2,1-2H3/b4-3+,7-6-/t16-,17-,20-,24-/m0/s1. The van der Waals surface area contributed by atoms with Gasteiger partial charge in [-0.2, -0.15) is 0 Å². The van der Waals surface area contributed by atoms with Crippen LogP contribution in [-0.2, 0) is 14.3 Å². The Balaban J connectivity index is 1.84. The molecule has 4 atom stereocenters. The van der Waals surface area contributed by atoms with Gasteiger partial charge in [0, 0.05) is 31.6 Å². The number of cyclic esters (lactones) is 1. The lowest BCUT2D eigenvalue weighted by atomic mass is 9.99. The van der Waals surface area contributed by atoms with Crippen molar-refractivity contribution in [2.75, 3.05) is 39.5 Å². The Kier molecular flexibility index (Phi) is 9.23. The third-order valence-electron chi connectivity index (χ3n) is 6.03. The van der Waals surface area contributed by atoms with Crippen molar-refractivity contribution in [3.05, 3.63) is 41.5 Å². The van der Waals surface area contributed by atoms with E-state index in [1.165, 1.54) is 30.4 Å². The Morgan fingerprint density at radius 1 is 1.12 bits per heavy atom. The number of ketones is 1. The molecule has 9 heteroatoms. The maximum Gasteiger partial charge on any atom is 0.342 e. The third-order valence-corrected chi connectivity index (χ3v) is 6.03. The predicted molar refractivity (Wildman–Crippen MR) is 125 cm³/mol. The highest BCUT2D eigenvalue weighted by Gasteiger charge is 2.25. The maximum absolute atomic E-state index is 12.9. The highest BCUT2D eigenvalue weighted by Crippen LogP contribution is 2.31. The average molecular weight is 476 g/mol. The van der Waals surface area contributed by atoms with E-state index in [0.29, 0.717) is 37.7 Å². The van der Waals surface area contributed by atoms with Crippen LogP contribution in [-0.4, -0.2) is 89.7 Å². The van der Waals surface area contributed by atoms with E-state index >= 15 is 0 Å². The second-order valence-corrected chi connectivity index (χ2v) is 8.59. The number of nitrogens with zero attached hydrogens (tertiary/aromatic N) is 1. The van der Waals surface area contributed by atoms with E-state index in [1.807, 2.05) is 0 Å². The first-order chi connectivity index (χ1) is 16.3. The molecule has 0 aromatic heterocycles. The summed E-state index contributed by atoms with van der Waals surface area (Å²) in [7, 11) is 0. The quantitative estimate of drug-likeness (QED) is 0.556. The molecule has 0 saturated carbocycles. The SMILES string of the molecule is C[C@@H]1OC(=O)c2c(O)cc(OCCN3CCOCC3)cc2/C=C/C[C@H](O)[C@H](O)C(=O)/C=C\[C@@H]1C. The number of phenolic OH excluding ortho intramolecular Hbond substituents is 1. The smallest absolute Gasteiger partial charge is 0.342 e. The number of rotatable bonds is 4. The molecule has 9 nitrogen and oxygen atoms in total. The van der Waals surface area contributed by atoms with Crippen LogP contribution < -0.4 is 4.74 Å². The molecule has 0 aliphatic carbocycles. The number of aliphatic hydroxyl groups is 2. The van der Waals surface area contributed by atoms with Crippen LogP contribution in [0.2, 0.25) is 0 Å². The molecule has 34 heavy (non-hydrogen) atoms. The summed E-state index contributed by atoms with van der Waals surface area (Å²) in [6.07, 6.45) is 2.21. The molecule has 1 aromatic rings. The molecule has 186 valence electrons. The van der Waals surface area contributed by atoms with E-state index in [0.717, 1.165) is 13.1 Å². The van der Waals surface area contributed by atoms with Crippen LogP contribution >= 0.6 is 0 Å². The van der Waals surface area contributed by atoms with Crippen molar-refractivity contribution in [1.82, 2.24) is 4.90 Å². The van der Waals surface area contributed by atoms with E-state index in [9.17, 15) is 24.9 Å². The number of esters is 1. The number of hydrogen-bond donors (Lipinski definition) is 3. The number of ether oxygens (including phenoxy) is 3. The molecule has 0 amide bonds. The summed E-state index contributed by atoms with van der Waals surface area (Å²) in [5.74, 6) is -1.59. The molecule has 0 spiro atoms. The summed E-state index contributed by atoms with van der Waals surface area (Å²) in [5.41, 5.74) is 0.315. The van der Waals surface area contributed by atoms with Gasteiger partial charge >= 0.3 is 5.97 Å². The van der Waals surface area contributed by atoms with Crippen LogP contribution in [0.4, 0.5) is 0 Å². The summed E-state index contributed by atoms with van der Waals surface area (Å²) in [5, 5.41) is 30.9. The molecule has 2 heterocycles. The number of hydrogen-bond acceptors (Lipinski definition) is 9. The van der Waals surface area contributed by atoms with Crippen molar-refractivity contribution in [2.24, 2.45) is 5.92 Å². The summed E-state index contributed by atoms with van der Waals surface area (Å²) >= 11 is 0. The van der Waals surface area contributed by atoms with E-state index in [-0.39, 0.29) is 23.7 Å². The summed E-state index contributed by atoms with van der Waals surface area (Å²) in [4.78, 5) is 27.2. The normalized spacial score (nSPS) is 28.9. The number of carbonyl (C=O) groups excluding carboxylic acids is 2. The lowest BCUT2D eigenvalue weighted by Crippen LogP contribution is -2.38. The zero-order chi connectivity index (χ0) is 24.7. The fraction of sp³-hybridized carbons (Fsp3) is 0.520. The number of morpholine rings is 1. The minimum Gasteiger partial charge on any atom is -0.507 e. The van der Waals surface area contributed by atoms with Crippen LogP contribution in [0.15, 0.2) is 30.4 Å². The van der Waals surface area contributed by atoms with Crippen molar-refractivity contribution < 1.29 is 39.1 Å². The highest BCUT2D eigenvalue weighted by atomic mass is 16.5. The molecular weight excluding hydrogens is 442 g/mol. The van der Waals surface area contributed by atoms with Gasteiger partial charge in [-0.3, -0.25) is 9.69 Å². The zero-order valence-corrected chi connectivity index (χ0v) is 19.6. The van der Waals surface area contributed by atoms with Gasteiger partial charge in [-0.15, -0.1) is 0 Å². The van der Waals surface area contributed by atoms with Gasteiger partial charge in [0.1, 0.15) is 35.9 Å². The molecule has 0 unspecified atom stereocenters. The molecule has 2 aliphatic heterocycles. The van der Waals surface area contributed by atoms with Crippen molar-refractivity contribution in [3.8, 4) is 11.5 Å². The van der Waals surface area contributed by atoms with E-state index in [2.05, 4.69) is 4.90 Å². The molecule has 3 N–H and O–H groups in total. The van der Waals surface area contributed by atoms with Gasteiger partial charge in [-0.1, -0.05) is 25.2 Å². The molecule has 1 aromatic carbocycles. The van der Waals surface area contributed by atoms with Crippen molar-refractivity contribution in [1.29, 1.82) is 0 Å². The monoisotopic (exact) mass is 475 g/mol. The minimum atomic E-state index is -1.57. The first-order valence-corrected chi connectivity index (χ1v) is 11.5. The van der Waals surface area contributed by atoms with Crippen LogP contribution in [0.3, 0.4) is 0 Å². The van der Waals surface area contributed by atoms with Gasteiger partial charge in [0.05, 0.1) is 19.3 Å². The number of carbonyl (C=O) groups is 2. The molecule has 0 bridgehead atoms. The van der Waals surface area contributed by atoms with Gasteiger partial charge in [0.15, 0.2) is 5.78 Å². The Labute approximate surface area is 199 Å². The van der Waals surface area contributed by atoms with Crippen LogP contribution in [0.25, 0.3) is 6.08 Å². The van der Waals surface area contributed by atoms with Gasteiger partial charge in [-0.05, 0) is 31.1 Å². The number of aromatic hydroxyl groups is 1. The third kappa shape index (κ3) is 6.89. The predicted octanol–water partition coefficient (Wildman–Crippen LogP) is 1.55. The first-order valence-electron chi connectivity index (χ1n) is 11.5. The summed E-state index contributed by atoms with van der Waals surface area (Å²) in [6, 6.07) is 2.99.